The third-order valence-corrected chi connectivity index (χ3v) is 10.5. The normalized spacial score (nSPS) is 27.1. The number of piperazine rings is 1. The first-order valence-electron chi connectivity index (χ1n) is 14.9. The molecule has 3 aliphatic carbocycles. The minimum atomic E-state index is -0.130. The number of aromatic nitrogens is 2. The van der Waals surface area contributed by atoms with Gasteiger partial charge >= 0.3 is 0 Å². The first-order chi connectivity index (χ1) is 20.0. The van der Waals surface area contributed by atoms with Gasteiger partial charge in [-0.25, -0.2) is 9.98 Å². The minimum Gasteiger partial charge on any atom is -0.484 e. The summed E-state index contributed by atoms with van der Waals surface area (Å²) in [7, 11) is 1.70. The third kappa shape index (κ3) is 5.49. The molecule has 0 amide bonds. The molecule has 2 bridgehead atoms. The zero-order valence-corrected chi connectivity index (χ0v) is 26.5. The quantitative estimate of drug-likeness (QED) is 0.274. The summed E-state index contributed by atoms with van der Waals surface area (Å²) in [5.41, 5.74) is 1.75. The highest BCUT2D eigenvalue weighted by molar-refractivity contribution is 6.35. The first kappa shape index (κ1) is 29.3. The van der Waals surface area contributed by atoms with E-state index in [1.807, 2.05) is 18.2 Å². The predicted molar refractivity (Wildman–Crippen MR) is 171 cm³/mol. The van der Waals surface area contributed by atoms with E-state index in [0.29, 0.717) is 55.9 Å². The van der Waals surface area contributed by atoms with Crippen molar-refractivity contribution in [2.75, 3.05) is 25.0 Å². The van der Waals surface area contributed by atoms with E-state index in [0.717, 1.165) is 49.5 Å². The molecule has 4 fully saturated rings. The standard InChI is InChI=1S/C32H40Cl2N6O2/c1-18-16-40(11-10-35-18)31(38-26-13-20-12-24(19(26)2)32(20,3)4)36-22-7-8-23-27(15-22)37-29(39(5)30(23)41)17-42-28-9-6-21(33)14-25(28)34/h6-9,14-15,18-20,24,26,35H,10-13,16-17H2,1-5H3,(H,36,38)/t18-,19-,20-,24+,26-/m0/s1. The molecule has 5 atom stereocenters. The Labute approximate surface area is 257 Å². The fourth-order valence-electron chi connectivity index (χ4n) is 7.16. The largest absolute Gasteiger partial charge is 0.484 e. The van der Waals surface area contributed by atoms with Crippen LogP contribution in [-0.4, -0.2) is 52.1 Å². The van der Waals surface area contributed by atoms with Crippen LogP contribution >= 0.6 is 23.2 Å². The monoisotopic (exact) mass is 610 g/mol. The zero-order chi connectivity index (χ0) is 29.8. The van der Waals surface area contributed by atoms with Gasteiger partial charge in [-0.2, -0.15) is 0 Å². The van der Waals surface area contributed by atoms with Crippen LogP contribution in [0.3, 0.4) is 0 Å². The number of rotatable bonds is 5. The highest BCUT2D eigenvalue weighted by atomic mass is 35.5. The van der Waals surface area contributed by atoms with Crippen molar-refractivity contribution in [3.8, 4) is 5.75 Å². The average Bonchev–Trinajstić information content (AvgIpc) is 2.95. The van der Waals surface area contributed by atoms with Gasteiger partial charge in [-0.3, -0.25) is 9.36 Å². The maximum atomic E-state index is 13.2. The smallest absolute Gasteiger partial charge is 0.261 e. The molecule has 7 rings (SSSR count). The Morgan fingerprint density at radius 1 is 1.19 bits per heavy atom. The minimum absolute atomic E-state index is 0.0876. The van der Waals surface area contributed by atoms with Crippen molar-refractivity contribution in [1.29, 1.82) is 0 Å². The first-order valence-corrected chi connectivity index (χ1v) is 15.7. The van der Waals surface area contributed by atoms with Crippen LogP contribution in [0, 0.1) is 23.2 Å². The molecular formula is C32H40Cl2N6O2. The number of hydrogen-bond acceptors (Lipinski definition) is 5. The summed E-state index contributed by atoms with van der Waals surface area (Å²) in [6.45, 7) is 12.2. The van der Waals surface area contributed by atoms with Crippen molar-refractivity contribution in [2.45, 2.75) is 59.2 Å². The van der Waals surface area contributed by atoms with Gasteiger partial charge in [0.2, 0.25) is 0 Å². The molecule has 2 N–H and O–H groups in total. The lowest BCUT2D eigenvalue weighted by molar-refractivity contribution is -0.108. The predicted octanol–water partition coefficient (Wildman–Crippen LogP) is 5.95. The summed E-state index contributed by atoms with van der Waals surface area (Å²) in [5, 5.41) is 8.67. The van der Waals surface area contributed by atoms with Crippen LogP contribution in [0.4, 0.5) is 5.69 Å². The summed E-state index contributed by atoms with van der Waals surface area (Å²) in [5.74, 6) is 3.88. The Hall–Kier alpha value is -2.81. The molecule has 0 spiro atoms. The van der Waals surface area contributed by atoms with Gasteiger partial charge in [0.1, 0.15) is 18.2 Å². The lowest BCUT2D eigenvalue weighted by Gasteiger charge is -2.61. The molecular weight excluding hydrogens is 571 g/mol. The zero-order valence-electron chi connectivity index (χ0n) is 25.0. The molecule has 1 saturated heterocycles. The number of hydrogen-bond donors (Lipinski definition) is 2. The molecule has 224 valence electrons. The maximum Gasteiger partial charge on any atom is 0.261 e. The summed E-state index contributed by atoms with van der Waals surface area (Å²) in [6, 6.07) is 11.4. The van der Waals surface area contributed by atoms with E-state index in [-0.39, 0.29) is 12.2 Å². The number of nitrogens with zero attached hydrogens (tertiary/aromatic N) is 4. The van der Waals surface area contributed by atoms with Crippen molar-refractivity contribution in [3.63, 3.8) is 0 Å². The van der Waals surface area contributed by atoms with Crippen LogP contribution in [0.1, 0.15) is 46.4 Å². The highest BCUT2D eigenvalue weighted by Crippen LogP contribution is 2.61. The fourth-order valence-corrected chi connectivity index (χ4v) is 7.62. The molecule has 0 unspecified atom stereocenters. The molecule has 2 aromatic carbocycles. The van der Waals surface area contributed by atoms with Crippen molar-refractivity contribution in [3.05, 3.63) is 62.6 Å². The maximum absolute atomic E-state index is 13.2. The van der Waals surface area contributed by atoms with Crippen LogP contribution in [-0.2, 0) is 13.7 Å². The van der Waals surface area contributed by atoms with E-state index >= 15 is 0 Å². The van der Waals surface area contributed by atoms with Crippen LogP contribution in [0.2, 0.25) is 10.0 Å². The SMILES string of the molecule is C[C@@H]1[C@@H](N=C(Nc2ccc3c(=O)n(C)c(COc4ccc(Cl)cc4Cl)nc3c2)N2CCN[C@@H](C)C2)C[C@@H]2C[C@H]1C2(C)C. The Morgan fingerprint density at radius 2 is 2.00 bits per heavy atom. The molecule has 1 aliphatic heterocycles. The second-order valence-electron chi connectivity index (χ2n) is 12.9. The molecule has 42 heavy (non-hydrogen) atoms. The second kappa shape index (κ2) is 11.4. The molecule has 3 aromatic rings. The number of aliphatic imine (C=N–C) groups is 1. The van der Waals surface area contributed by atoms with Gasteiger partial charge in [0.25, 0.3) is 5.56 Å². The molecule has 8 nitrogen and oxygen atoms in total. The summed E-state index contributed by atoms with van der Waals surface area (Å²) < 4.78 is 7.43. The van der Waals surface area contributed by atoms with Gasteiger partial charge < -0.3 is 20.3 Å². The van der Waals surface area contributed by atoms with Crippen molar-refractivity contribution >= 4 is 45.8 Å². The van der Waals surface area contributed by atoms with Crippen molar-refractivity contribution in [2.24, 2.45) is 35.2 Å². The van der Waals surface area contributed by atoms with Crippen LogP contribution in [0.25, 0.3) is 10.9 Å². The second-order valence-corrected chi connectivity index (χ2v) is 13.7. The number of anilines is 1. The summed E-state index contributed by atoms with van der Waals surface area (Å²) in [4.78, 5) is 25.8. The van der Waals surface area contributed by atoms with E-state index in [2.05, 4.69) is 43.2 Å². The number of halogens is 2. The molecule has 4 aliphatic rings. The number of guanidine groups is 1. The van der Waals surface area contributed by atoms with E-state index in [1.54, 1.807) is 25.2 Å². The van der Waals surface area contributed by atoms with E-state index in [1.165, 1.54) is 11.0 Å². The molecule has 3 saturated carbocycles. The molecule has 2 heterocycles. The van der Waals surface area contributed by atoms with Gasteiger partial charge in [-0.15, -0.1) is 0 Å². The van der Waals surface area contributed by atoms with E-state index in [9.17, 15) is 4.79 Å². The summed E-state index contributed by atoms with van der Waals surface area (Å²) >= 11 is 12.3. The van der Waals surface area contributed by atoms with Gasteiger partial charge in [0, 0.05) is 43.4 Å². The Kier molecular flexibility index (Phi) is 7.92. The van der Waals surface area contributed by atoms with Gasteiger partial charge in [-0.05, 0) is 79.3 Å². The molecule has 0 radical (unpaired) electrons. The van der Waals surface area contributed by atoms with Crippen LogP contribution < -0.4 is 20.9 Å². The van der Waals surface area contributed by atoms with E-state index in [4.69, 9.17) is 37.9 Å². The highest BCUT2D eigenvalue weighted by Gasteiger charge is 2.56. The fraction of sp³-hybridized carbons (Fsp3) is 0.531. The number of nitrogens with one attached hydrogen (secondary N) is 2. The molecule has 1 aromatic heterocycles. The average molecular weight is 612 g/mol. The van der Waals surface area contributed by atoms with Gasteiger partial charge in [0.15, 0.2) is 5.96 Å². The van der Waals surface area contributed by atoms with Crippen LogP contribution in [0.15, 0.2) is 46.2 Å². The van der Waals surface area contributed by atoms with Crippen LogP contribution in [0.5, 0.6) is 5.75 Å². The molecule has 10 heteroatoms. The Balaban J connectivity index is 1.29. The summed E-state index contributed by atoms with van der Waals surface area (Å²) in [6.07, 6.45) is 2.46. The lowest BCUT2D eigenvalue weighted by Crippen LogP contribution is -2.57. The number of ether oxygens (including phenoxy) is 1. The van der Waals surface area contributed by atoms with Crippen molar-refractivity contribution < 1.29 is 4.74 Å². The number of benzene rings is 2. The van der Waals surface area contributed by atoms with Crippen molar-refractivity contribution in [1.82, 2.24) is 19.8 Å². The Morgan fingerprint density at radius 3 is 2.71 bits per heavy atom. The third-order valence-electron chi connectivity index (χ3n) is 9.95. The Bertz CT molecular complexity index is 1590. The van der Waals surface area contributed by atoms with Gasteiger partial charge in [0.05, 0.1) is 22.0 Å². The topological polar surface area (TPSA) is 83.8 Å². The lowest BCUT2D eigenvalue weighted by atomic mass is 9.45. The van der Waals surface area contributed by atoms with E-state index < -0.39 is 0 Å². The van der Waals surface area contributed by atoms with Gasteiger partial charge in [-0.1, -0.05) is 44.0 Å². The number of fused-ring (bicyclic) bond motifs is 3.